The second-order valence-electron chi connectivity index (χ2n) is 4.82. The van der Waals surface area contributed by atoms with E-state index in [0.29, 0.717) is 11.4 Å². The molecule has 1 aromatic heterocycles. The van der Waals surface area contributed by atoms with Crippen LogP contribution in [0.2, 0.25) is 0 Å². The van der Waals surface area contributed by atoms with Gasteiger partial charge in [0.25, 0.3) is 0 Å². The van der Waals surface area contributed by atoms with E-state index < -0.39 is 17.3 Å². The van der Waals surface area contributed by atoms with Gasteiger partial charge in [-0.25, -0.2) is 4.79 Å². The van der Waals surface area contributed by atoms with Crippen LogP contribution in [0.1, 0.15) is 12.8 Å². The van der Waals surface area contributed by atoms with E-state index in [9.17, 15) is 9.35 Å². The fourth-order valence-corrected chi connectivity index (χ4v) is 3.30. The van der Waals surface area contributed by atoms with E-state index in [4.69, 9.17) is 4.74 Å². The van der Waals surface area contributed by atoms with Crippen LogP contribution in [0.25, 0.3) is 11.0 Å². The van der Waals surface area contributed by atoms with Crippen molar-refractivity contribution in [3.05, 3.63) is 18.2 Å². The fraction of sp³-hybridized carbons (Fsp3) is 0.385. The minimum Gasteiger partial charge on any atom is -0.611 e. The maximum atomic E-state index is 12.1. The van der Waals surface area contributed by atoms with Gasteiger partial charge in [0.05, 0.1) is 11.0 Å². The molecule has 1 fully saturated rings. The number of carbonyl (C=O) groups excluding carboxylic acids is 1. The van der Waals surface area contributed by atoms with E-state index in [0.717, 1.165) is 16.2 Å². The summed E-state index contributed by atoms with van der Waals surface area (Å²) in [6.07, 6.45) is 1.78. The van der Waals surface area contributed by atoms with Crippen LogP contribution in [0, 0.1) is 5.92 Å². The van der Waals surface area contributed by atoms with Crippen LogP contribution in [0.5, 0.6) is 6.01 Å². The van der Waals surface area contributed by atoms with Crippen molar-refractivity contribution in [3.63, 3.8) is 0 Å². The monoisotopic (exact) mass is 293 g/mol. The van der Waals surface area contributed by atoms with Gasteiger partial charge >= 0.3 is 12.1 Å². The molecule has 20 heavy (non-hydrogen) atoms. The first-order valence-corrected chi connectivity index (χ1v) is 7.75. The molecule has 1 aromatic carbocycles. The summed E-state index contributed by atoms with van der Waals surface area (Å²) in [6.45, 7) is 0. The van der Waals surface area contributed by atoms with Gasteiger partial charge in [-0.2, -0.15) is 4.98 Å². The van der Waals surface area contributed by atoms with Crippen LogP contribution >= 0.6 is 0 Å². The number of nitrogens with zero attached hydrogens (tertiary/aromatic N) is 1. The van der Waals surface area contributed by atoms with Crippen LogP contribution in [0.15, 0.2) is 23.1 Å². The third-order valence-electron chi connectivity index (χ3n) is 3.17. The number of fused-ring (bicyclic) bond motifs is 1. The minimum absolute atomic E-state index is 0.129. The zero-order valence-corrected chi connectivity index (χ0v) is 11.8. The van der Waals surface area contributed by atoms with Crippen LogP contribution in [-0.2, 0) is 11.2 Å². The van der Waals surface area contributed by atoms with Crippen molar-refractivity contribution in [2.75, 3.05) is 12.8 Å². The quantitative estimate of drug-likeness (QED) is 0.841. The van der Waals surface area contributed by atoms with E-state index in [1.165, 1.54) is 19.9 Å². The highest BCUT2D eigenvalue weighted by Gasteiger charge is 2.28. The number of H-pyrrole nitrogens is 1. The molecule has 7 heteroatoms. The molecule has 1 aliphatic rings. The second kappa shape index (κ2) is 5.34. The van der Waals surface area contributed by atoms with E-state index in [2.05, 4.69) is 15.3 Å². The lowest BCUT2D eigenvalue weighted by molar-refractivity contribution is 0.199. The summed E-state index contributed by atoms with van der Waals surface area (Å²) >= 11 is -0.984. The van der Waals surface area contributed by atoms with Crippen molar-refractivity contribution in [3.8, 4) is 6.01 Å². The summed E-state index contributed by atoms with van der Waals surface area (Å²) in [5.74, 6) is 1.33. The number of ether oxygens (including phenoxy) is 1. The Morgan fingerprint density at radius 3 is 3.10 bits per heavy atom. The average molecular weight is 293 g/mol. The number of rotatable bonds is 4. The van der Waals surface area contributed by atoms with Crippen LogP contribution in [0.3, 0.4) is 0 Å². The lowest BCUT2D eigenvalue weighted by Crippen LogP contribution is -2.22. The van der Waals surface area contributed by atoms with Gasteiger partial charge < -0.3 is 19.6 Å². The van der Waals surface area contributed by atoms with Gasteiger partial charge in [0, 0.05) is 19.0 Å². The first-order chi connectivity index (χ1) is 9.65. The van der Waals surface area contributed by atoms with Crippen LogP contribution in [-0.4, -0.2) is 33.4 Å². The molecule has 1 amide bonds. The Hall–Kier alpha value is -1.73. The molecule has 0 bridgehead atoms. The highest BCUT2D eigenvalue weighted by atomic mass is 32.2. The Labute approximate surface area is 119 Å². The van der Waals surface area contributed by atoms with E-state index in [1.54, 1.807) is 12.1 Å². The van der Waals surface area contributed by atoms with Crippen molar-refractivity contribution in [1.29, 1.82) is 0 Å². The number of aromatic amines is 1. The highest BCUT2D eigenvalue weighted by molar-refractivity contribution is 7.91. The fourth-order valence-electron chi connectivity index (χ4n) is 1.89. The summed E-state index contributed by atoms with van der Waals surface area (Å²) < 4.78 is 17.1. The summed E-state index contributed by atoms with van der Waals surface area (Å²) in [6, 6.07) is 5.53. The number of nitrogens with one attached hydrogen (secondary N) is 2. The lowest BCUT2D eigenvalue weighted by Gasteiger charge is -2.09. The first-order valence-electron chi connectivity index (χ1n) is 6.43. The van der Waals surface area contributed by atoms with Gasteiger partial charge in [-0.05, 0) is 36.2 Å². The van der Waals surface area contributed by atoms with E-state index in [1.807, 2.05) is 6.07 Å². The molecular formula is C13H15N3O3S. The first kappa shape index (κ1) is 13.3. The molecule has 2 N–H and O–H groups in total. The molecule has 1 aliphatic carbocycles. The van der Waals surface area contributed by atoms with E-state index in [-0.39, 0.29) is 6.01 Å². The van der Waals surface area contributed by atoms with Gasteiger partial charge in [-0.1, -0.05) is 0 Å². The van der Waals surface area contributed by atoms with Gasteiger partial charge in [0.1, 0.15) is 5.75 Å². The summed E-state index contributed by atoms with van der Waals surface area (Å²) in [7, 11) is 1.48. The van der Waals surface area contributed by atoms with Gasteiger partial charge in [-0.3, -0.25) is 0 Å². The number of hydrogen-bond donors (Lipinski definition) is 2. The van der Waals surface area contributed by atoms with Gasteiger partial charge in [0.15, 0.2) is 4.90 Å². The molecule has 1 atom stereocenters. The van der Waals surface area contributed by atoms with Crippen LogP contribution in [0.4, 0.5) is 4.79 Å². The van der Waals surface area contributed by atoms with Crippen molar-refractivity contribution >= 4 is 28.3 Å². The molecular weight excluding hydrogens is 278 g/mol. The van der Waals surface area contributed by atoms with Crippen molar-refractivity contribution < 1.29 is 14.1 Å². The summed E-state index contributed by atoms with van der Waals surface area (Å²) in [5, 5.41) is 2.35. The number of imidazole rings is 1. The standard InChI is InChI=1S/C13H15N3O3S/c1-14-13(17)19-12-15-10-5-4-9(6-11(10)16-12)20(18)7-8-2-3-8/h4-6,8H,2-3,7H2,1H3,(H,14,17)(H,15,16). The Kier molecular flexibility index (Phi) is 3.54. The third-order valence-corrected chi connectivity index (χ3v) is 4.73. The molecule has 106 valence electrons. The predicted octanol–water partition coefficient (Wildman–Crippen LogP) is 1.80. The van der Waals surface area contributed by atoms with Crippen molar-refractivity contribution in [2.45, 2.75) is 17.7 Å². The molecule has 0 saturated heterocycles. The van der Waals surface area contributed by atoms with Crippen molar-refractivity contribution in [1.82, 2.24) is 15.3 Å². The third kappa shape index (κ3) is 2.88. The number of benzene rings is 1. The number of amides is 1. The molecule has 0 radical (unpaired) electrons. The molecule has 1 heterocycles. The zero-order valence-electron chi connectivity index (χ0n) is 11.0. The Balaban J connectivity index is 1.80. The van der Waals surface area contributed by atoms with Crippen molar-refractivity contribution in [2.24, 2.45) is 5.92 Å². The molecule has 0 aliphatic heterocycles. The zero-order chi connectivity index (χ0) is 14.1. The topological polar surface area (TPSA) is 90.1 Å². The summed E-state index contributed by atoms with van der Waals surface area (Å²) in [5.41, 5.74) is 1.39. The smallest absolute Gasteiger partial charge is 0.414 e. The molecule has 1 saturated carbocycles. The SMILES string of the molecule is CNC(=O)Oc1nc2cc([S+]([O-])CC3CC3)ccc2[nH]1. The van der Waals surface area contributed by atoms with Gasteiger partial charge in [-0.15, -0.1) is 0 Å². The predicted molar refractivity (Wildman–Crippen MR) is 75.2 cm³/mol. The highest BCUT2D eigenvalue weighted by Crippen LogP contribution is 2.32. The molecule has 6 nitrogen and oxygen atoms in total. The van der Waals surface area contributed by atoms with Crippen LogP contribution < -0.4 is 10.1 Å². The van der Waals surface area contributed by atoms with Gasteiger partial charge in [0.2, 0.25) is 0 Å². The van der Waals surface area contributed by atoms with E-state index >= 15 is 0 Å². The lowest BCUT2D eigenvalue weighted by atomic mass is 10.3. The Morgan fingerprint density at radius 1 is 1.60 bits per heavy atom. The second-order valence-corrected chi connectivity index (χ2v) is 6.31. The minimum atomic E-state index is -0.984. The molecule has 2 aromatic rings. The largest absolute Gasteiger partial charge is 0.611 e. The Bertz CT molecular complexity index is 639. The molecule has 3 rings (SSSR count). The number of hydrogen-bond acceptors (Lipinski definition) is 4. The molecule has 1 unspecified atom stereocenters. The normalized spacial score (nSPS) is 16.1. The summed E-state index contributed by atoms with van der Waals surface area (Å²) in [4.78, 5) is 18.9. The maximum absolute atomic E-state index is 12.1. The number of aromatic nitrogens is 2. The number of carbonyl (C=O) groups is 1. The molecule has 0 spiro atoms. The maximum Gasteiger partial charge on any atom is 0.414 e. The average Bonchev–Trinajstić information content (AvgIpc) is 3.15. The Morgan fingerprint density at radius 2 is 2.40 bits per heavy atom.